The van der Waals surface area contributed by atoms with Crippen molar-refractivity contribution in [2.24, 2.45) is 0 Å². The molecule has 3 aromatic rings. The second-order valence-corrected chi connectivity index (χ2v) is 5.86. The smallest absolute Gasteiger partial charge is 0.244 e. The first-order chi connectivity index (χ1) is 13.3. The second-order valence-electron chi connectivity index (χ2n) is 5.86. The summed E-state index contributed by atoms with van der Waals surface area (Å²) in [4.78, 5) is 4.45. The summed E-state index contributed by atoms with van der Waals surface area (Å²) in [6.07, 6.45) is 2.49. The van der Waals surface area contributed by atoms with Gasteiger partial charge in [-0.3, -0.25) is 0 Å². The van der Waals surface area contributed by atoms with Crippen molar-refractivity contribution < 1.29 is 9.47 Å². The highest BCUT2D eigenvalue weighted by atomic mass is 16.5. The molecule has 2 aromatic carbocycles. The van der Waals surface area contributed by atoms with E-state index in [-0.39, 0.29) is 0 Å². The van der Waals surface area contributed by atoms with Crippen molar-refractivity contribution in [2.75, 3.05) is 31.4 Å². The molecular weight excluding hydrogens is 342 g/mol. The van der Waals surface area contributed by atoms with E-state index in [1.54, 1.807) is 20.4 Å². The summed E-state index contributed by atoms with van der Waals surface area (Å²) in [5.74, 6) is 2.83. The number of anilines is 2. The molecule has 0 atom stereocenters. The van der Waals surface area contributed by atoms with Gasteiger partial charge in [0.1, 0.15) is 11.5 Å². The zero-order valence-corrected chi connectivity index (χ0v) is 15.5. The van der Waals surface area contributed by atoms with E-state index in [1.807, 2.05) is 36.4 Å². The Labute approximate surface area is 158 Å². The zero-order valence-electron chi connectivity index (χ0n) is 15.5. The van der Waals surface area contributed by atoms with Gasteiger partial charge in [0, 0.05) is 18.7 Å². The lowest BCUT2D eigenvalue weighted by Crippen LogP contribution is -2.10. The summed E-state index contributed by atoms with van der Waals surface area (Å²) in [6.45, 7) is 1.30. The lowest BCUT2D eigenvalue weighted by atomic mass is 10.1. The Morgan fingerprint density at radius 2 is 1.74 bits per heavy atom. The zero-order chi connectivity index (χ0) is 18.9. The molecular formula is C20H23N5O2. The molecule has 0 aliphatic rings. The van der Waals surface area contributed by atoms with Crippen LogP contribution in [0.4, 0.5) is 11.8 Å². The van der Waals surface area contributed by atoms with Crippen LogP contribution in [0.1, 0.15) is 11.1 Å². The fraction of sp³-hybridized carbons (Fsp3) is 0.250. The third-order valence-electron chi connectivity index (χ3n) is 4.07. The quantitative estimate of drug-likeness (QED) is 0.603. The van der Waals surface area contributed by atoms with Gasteiger partial charge in [0.15, 0.2) is 5.82 Å². The highest BCUT2D eigenvalue weighted by molar-refractivity contribution is 5.40. The Kier molecular flexibility index (Phi) is 6.40. The molecule has 0 saturated heterocycles. The van der Waals surface area contributed by atoms with Gasteiger partial charge in [-0.05, 0) is 30.2 Å². The number of rotatable bonds is 9. The van der Waals surface area contributed by atoms with Crippen molar-refractivity contribution in [2.45, 2.75) is 13.0 Å². The monoisotopic (exact) mass is 365 g/mol. The van der Waals surface area contributed by atoms with Gasteiger partial charge in [-0.15, -0.1) is 5.10 Å². The van der Waals surface area contributed by atoms with Crippen molar-refractivity contribution >= 4 is 11.8 Å². The molecule has 1 aromatic heterocycles. The summed E-state index contributed by atoms with van der Waals surface area (Å²) in [7, 11) is 3.32. The predicted octanol–water partition coefficient (Wildman–Crippen LogP) is 3.16. The minimum atomic E-state index is 0.468. The van der Waals surface area contributed by atoms with Crippen LogP contribution in [-0.4, -0.2) is 35.9 Å². The number of hydrogen-bond acceptors (Lipinski definition) is 7. The first kappa shape index (κ1) is 18.4. The Bertz CT molecular complexity index is 855. The molecule has 3 rings (SSSR count). The maximum Gasteiger partial charge on any atom is 0.244 e. The van der Waals surface area contributed by atoms with Gasteiger partial charge in [-0.2, -0.15) is 10.1 Å². The molecule has 7 heteroatoms. The third kappa shape index (κ3) is 5.31. The third-order valence-corrected chi connectivity index (χ3v) is 4.07. The highest BCUT2D eigenvalue weighted by Gasteiger charge is 2.04. The summed E-state index contributed by atoms with van der Waals surface area (Å²) in [5, 5.41) is 14.5. The largest absolute Gasteiger partial charge is 0.497 e. The Morgan fingerprint density at radius 3 is 2.52 bits per heavy atom. The molecule has 0 amide bonds. The van der Waals surface area contributed by atoms with E-state index in [0.29, 0.717) is 18.3 Å². The molecule has 0 unspecified atom stereocenters. The molecule has 0 aliphatic carbocycles. The van der Waals surface area contributed by atoms with Crippen LogP contribution in [0.25, 0.3) is 0 Å². The van der Waals surface area contributed by atoms with E-state index in [0.717, 1.165) is 30.0 Å². The first-order valence-corrected chi connectivity index (χ1v) is 8.71. The average molecular weight is 365 g/mol. The number of nitrogens with zero attached hydrogens (tertiary/aromatic N) is 3. The Morgan fingerprint density at radius 1 is 0.926 bits per heavy atom. The van der Waals surface area contributed by atoms with Gasteiger partial charge in [-0.25, -0.2) is 0 Å². The van der Waals surface area contributed by atoms with Gasteiger partial charge in [-0.1, -0.05) is 30.3 Å². The van der Waals surface area contributed by atoms with E-state index in [9.17, 15) is 0 Å². The molecule has 0 radical (unpaired) electrons. The van der Waals surface area contributed by atoms with E-state index in [1.165, 1.54) is 5.56 Å². The van der Waals surface area contributed by atoms with E-state index in [4.69, 9.17) is 9.47 Å². The standard InChI is InChI=1S/C20H23N5O2/c1-26-17-9-7-15(8-10-17)11-12-21-19-14-23-25-20(24-19)22-13-16-5-3-4-6-18(16)27-2/h3-10,14H,11-13H2,1-2H3,(H2,21,22,24,25). The van der Waals surface area contributed by atoms with Crippen molar-refractivity contribution in [1.29, 1.82) is 0 Å². The predicted molar refractivity (Wildman–Crippen MR) is 105 cm³/mol. The van der Waals surface area contributed by atoms with Crippen molar-refractivity contribution in [3.05, 3.63) is 65.9 Å². The minimum Gasteiger partial charge on any atom is -0.497 e. The lowest BCUT2D eigenvalue weighted by Gasteiger charge is -2.10. The normalized spacial score (nSPS) is 10.3. The lowest BCUT2D eigenvalue weighted by molar-refractivity contribution is 0.410. The number of nitrogens with one attached hydrogen (secondary N) is 2. The van der Waals surface area contributed by atoms with Gasteiger partial charge >= 0.3 is 0 Å². The summed E-state index contributed by atoms with van der Waals surface area (Å²) in [5.41, 5.74) is 2.25. The fourth-order valence-corrected chi connectivity index (χ4v) is 2.61. The van der Waals surface area contributed by atoms with Gasteiger partial charge in [0.2, 0.25) is 5.95 Å². The maximum absolute atomic E-state index is 5.35. The number of methoxy groups -OCH3 is 2. The molecule has 2 N–H and O–H groups in total. The first-order valence-electron chi connectivity index (χ1n) is 8.71. The van der Waals surface area contributed by atoms with E-state index < -0.39 is 0 Å². The SMILES string of the molecule is COc1ccc(CCNc2cnnc(NCc3ccccc3OC)n2)cc1. The van der Waals surface area contributed by atoms with Crippen molar-refractivity contribution in [3.8, 4) is 11.5 Å². The van der Waals surface area contributed by atoms with Crippen LogP contribution in [0.3, 0.4) is 0 Å². The molecule has 0 bridgehead atoms. The maximum atomic E-state index is 5.35. The summed E-state index contributed by atoms with van der Waals surface area (Å²) >= 11 is 0. The number of aromatic nitrogens is 3. The van der Waals surface area contributed by atoms with Gasteiger partial charge < -0.3 is 20.1 Å². The molecule has 7 nitrogen and oxygen atoms in total. The molecule has 0 aliphatic heterocycles. The van der Waals surface area contributed by atoms with Gasteiger partial charge in [0.25, 0.3) is 0 Å². The van der Waals surface area contributed by atoms with Crippen LogP contribution in [0, 0.1) is 0 Å². The van der Waals surface area contributed by atoms with Gasteiger partial charge in [0.05, 0.1) is 20.4 Å². The summed E-state index contributed by atoms with van der Waals surface area (Å²) in [6, 6.07) is 15.9. The number of benzene rings is 2. The van der Waals surface area contributed by atoms with Crippen LogP contribution in [0.15, 0.2) is 54.7 Å². The van der Waals surface area contributed by atoms with Crippen LogP contribution in [-0.2, 0) is 13.0 Å². The van der Waals surface area contributed by atoms with Crippen LogP contribution < -0.4 is 20.1 Å². The summed E-state index contributed by atoms with van der Waals surface area (Å²) < 4.78 is 10.5. The molecule has 0 spiro atoms. The Balaban J connectivity index is 1.52. The van der Waals surface area contributed by atoms with Crippen LogP contribution >= 0.6 is 0 Å². The minimum absolute atomic E-state index is 0.468. The van der Waals surface area contributed by atoms with Crippen LogP contribution in [0.5, 0.6) is 11.5 Å². The Hall–Kier alpha value is -3.35. The number of ether oxygens (including phenoxy) is 2. The van der Waals surface area contributed by atoms with Crippen molar-refractivity contribution in [3.63, 3.8) is 0 Å². The molecule has 0 fully saturated rings. The molecule has 140 valence electrons. The second kappa shape index (κ2) is 9.38. The topological polar surface area (TPSA) is 81.2 Å². The fourth-order valence-electron chi connectivity index (χ4n) is 2.61. The van der Waals surface area contributed by atoms with E-state index >= 15 is 0 Å². The number of para-hydroxylation sites is 1. The number of hydrogen-bond donors (Lipinski definition) is 2. The van der Waals surface area contributed by atoms with Crippen molar-refractivity contribution in [1.82, 2.24) is 15.2 Å². The molecule has 27 heavy (non-hydrogen) atoms. The highest BCUT2D eigenvalue weighted by Crippen LogP contribution is 2.18. The average Bonchev–Trinajstić information content (AvgIpc) is 2.73. The molecule has 1 heterocycles. The molecule has 0 saturated carbocycles. The van der Waals surface area contributed by atoms with Crippen LogP contribution in [0.2, 0.25) is 0 Å². The van der Waals surface area contributed by atoms with E-state index in [2.05, 4.69) is 37.9 Å².